The molecule has 0 saturated heterocycles. The quantitative estimate of drug-likeness (QED) is 0.642. The van der Waals surface area contributed by atoms with Crippen LogP contribution in [0.1, 0.15) is 11.1 Å². The first kappa shape index (κ1) is 14.6. The molecule has 0 unspecified atom stereocenters. The Bertz CT molecular complexity index is 590. The molecule has 0 aliphatic heterocycles. The number of hydrogen-bond acceptors (Lipinski definition) is 1. The predicted octanol–water partition coefficient (Wildman–Crippen LogP) is 5.61. The van der Waals surface area contributed by atoms with Crippen molar-refractivity contribution in [2.24, 2.45) is 0 Å². The number of ether oxygens (including phenoxy) is 1. The van der Waals surface area contributed by atoms with E-state index >= 15 is 0 Å². The first-order chi connectivity index (χ1) is 9.10. The molecule has 0 radical (unpaired) electrons. The number of hydrogen-bond donors (Lipinski definition) is 0. The van der Waals surface area contributed by atoms with E-state index in [9.17, 15) is 4.39 Å². The van der Waals surface area contributed by atoms with E-state index in [2.05, 4.69) is 15.9 Å². The van der Waals surface area contributed by atoms with E-state index in [1.165, 1.54) is 12.1 Å². The van der Waals surface area contributed by atoms with Crippen molar-refractivity contribution in [3.8, 4) is 5.75 Å². The van der Waals surface area contributed by atoms with E-state index in [0.717, 1.165) is 16.9 Å². The van der Waals surface area contributed by atoms with Gasteiger partial charge in [-0.15, -0.1) is 0 Å². The van der Waals surface area contributed by atoms with Gasteiger partial charge < -0.3 is 4.74 Å². The van der Waals surface area contributed by atoms with Gasteiger partial charge in [-0.1, -0.05) is 45.2 Å². The van der Waals surface area contributed by atoms with Crippen LogP contribution in [0.3, 0.4) is 0 Å². The Kier molecular flexibility index (Phi) is 5.08. The largest absolute Gasteiger partial charge is 0.489 e. The van der Waals surface area contributed by atoms with E-state index in [1.807, 2.05) is 6.07 Å². The monoisotopic (exact) mass is 362 g/mol. The minimum atomic E-state index is -0.360. The van der Waals surface area contributed by atoms with Gasteiger partial charge in [0.25, 0.3) is 0 Å². The van der Waals surface area contributed by atoms with Crippen molar-refractivity contribution in [1.29, 1.82) is 0 Å². The molecule has 0 aliphatic rings. The molecule has 0 bridgehead atoms. The van der Waals surface area contributed by atoms with Gasteiger partial charge >= 0.3 is 0 Å². The number of halogens is 4. The number of benzene rings is 2. The lowest BCUT2D eigenvalue weighted by molar-refractivity contribution is 0.304. The van der Waals surface area contributed by atoms with Gasteiger partial charge in [0.1, 0.15) is 18.2 Å². The van der Waals surface area contributed by atoms with Crippen molar-refractivity contribution in [2.45, 2.75) is 11.9 Å². The SMILES string of the molecule is Fc1ccc(COc2ccc(Cl)cc2CBr)c(Cl)c1. The number of alkyl halides is 1. The molecule has 0 amide bonds. The van der Waals surface area contributed by atoms with Crippen LogP contribution >= 0.6 is 39.1 Å². The molecule has 100 valence electrons. The van der Waals surface area contributed by atoms with Gasteiger partial charge in [0.05, 0.1) is 5.02 Å². The normalized spacial score (nSPS) is 10.5. The maximum absolute atomic E-state index is 12.9. The number of rotatable bonds is 4. The molecule has 0 saturated carbocycles. The van der Waals surface area contributed by atoms with Crippen molar-refractivity contribution in [1.82, 2.24) is 0 Å². The maximum Gasteiger partial charge on any atom is 0.124 e. The Hall–Kier alpha value is -0.770. The topological polar surface area (TPSA) is 9.23 Å². The molecular formula is C14H10BrCl2FO. The lowest BCUT2D eigenvalue weighted by Gasteiger charge is -2.11. The molecular weight excluding hydrogens is 354 g/mol. The summed E-state index contributed by atoms with van der Waals surface area (Å²) in [6.45, 7) is 0.279. The van der Waals surface area contributed by atoms with Crippen molar-refractivity contribution in [3.63, 3.8) is 0 Å². The highest BCUT2D eigenvalue weighted by molar-refractivity contribution is 9.08. The van der Waals surface area contributed by atoms with Crippen LogP contribution in [-0.2, 0) is 11.9 Å². The fourth-order valence-corrected chi connectivity index (χ4v) is 2.44. The molecule has 0 N–H and O–H groups in total. The van der Waals surface area contributed by atoms with Crippen LogP contribution in [-0.4, -0.2) is 0 Å². The van der Waals surface area contributed by atoms with Crippen molar-refractivity contribution >= 4 is 39.1 Å². The molecule has 0 aromatic heterocycles. The first-order valence-electron chi connectivity index (χ1n) is 5.51. The van der Waals surface area contributed by atoms with E-state index in [-0.39, 0.29) is 12.4 Å². The average Bonchev–Trinajstić information content (AvgIpc) is 2.39. The Morgan fingerprint density at radius 2 is 1.84 bits per heavy atom. The van der Waals surface area contributed by atoms with E-state index in [1.54, 1.807) is 18.2 Å². The highest BCUT2D eigenvalue weighted by Crippen LogP contribution is 2.27. The van der Waals surface area contributed by atoms with Crippen LogP contribution in [0, 0.1) is 5.82 Å². The van der Waals surface area contributed by atoms with Crippen LogP contribution in [0.5, 0.6) is 5.75 Å². The summed E-state index contributed by atoms with van der Waals surface area (Å²) in [6.07, 6.45) is 0. The van der Waals surface area contributed by atoms with Gasteiger partial charge in [-0.05, 0) is 30.3 Å². The van der Waals surface area contributed by atoms with Gasteiger partial charge in [-0.2, -0.15) is 0 Å². The second kappa shape index (κ2) is 6.60. The highest BCUT2D eigenvalue weighted by atomic mass is 79.9. The van der Waals surface area contributed by atoms with Crippen molar-refractivity contribution in [2.75, 3.05) is 0 Å². The summed E-state index contributed by atoms with van der Waals surface area (Å²) in [6, 6.07) is 9.64. The van der Waals surface area contributed by atoms with Crippen LogP contribution in [0.4, 0.5) is 4.39 Å². The molecule has 0 spiro atoms. The van der Waals surface area contributed by atoms with Gasteiger partial charge in [-0.3, -0.25) is 0 Å². The summed E-state index contributed by atoms with van der Waals surface area (Å²) < 4.78 is 18.6. The summed E-state index contributed by atoms with van der Waals surface area (Å²) in [5.74, 6) is 0.364. The summed E-state index contributed by atoms with van der Waals surface area (Å²) in [5, 5.41) is 1.65. The van der Waals surface area contributed by atoms with Crippen molar-refractivity contribution < 1.29 is 9.13 Å². The average molecular weight is 364 g/mol. The first-order valence-corrected chi connectivity index (χ1v) is 7.39. The fraction of sp³-hybridized carbons (Fsp3) is 0.143. The summed E-state index contributed by atoms with van der Waals surface area (Å²) in [5.41, 5.74) is 1.68. The lowest BCUT2D eigenvalue weighted by Crippen LogP contribution is -1.99. The predicted molar refractivity (Wildman–Crippen MR) is 79.8 cm³/mol. The van der Waals surface area contributed by atoms with Crippen LogP contribution in [0.2, 0.25) is 10.0 Å². The Morgan fingerprint density at radius 3 is 2.53 bits per heavy atom. The molecule has 0 heterocycles. The van der Waals surface area contributed by atoms with Crippen LogP contribution in [0.25, 0.3) is 0 Å². The Labute approximate surface area is 129 Å². The zero-order chi connectivity index (χ0) is 13.8. The van der Waals surface area contributed by atoms with Gasteiger partial charge in [0.2, 0.25) is 0 Å². The van der Waals surface area contributed by atoms with Gasteiger partial charge in [-0.25, -0.2) is 4.39 Å². The second-order valence-electron chi connectivity index (χ2n) is 3.91. The molecule has 0 fully saturated rings. The smallest absolute Gasteiger partial charge is 0.124 e. The summed E-state index contributed by atoms with van der Waals surface area (Å²) in [7, 11) is 0. The second-order valence-corrected chi connectivity index (χ2v) is 5.31. The van der Waals surface area contributed by atoms with Gasteiger partial charge in [0.15, 0.2) is 0 Å². The molecule has 2 aromatic rings. The zero-order valence-electron chi connectivity index (χ0n) is 9.80. The molecule has 5 heteroatoms. The Balaban J connectivity index is 2.14. The lowest BCUT2D eigenvalue weighted by atomic mass is 10.2. The molecule has 0 atom stereocenters. The highest BCUT2D eigenvalue weighted by Gasteiger charge is 2.06. The standard InChI is InChI=1S/C14H10BrCl2FO/c15-7-10-5-11(16)2-4-14(10)19-8-9-1-3-12(18)6-13(9)17/h1-6H,7-8H2. The van der Waals surface area contributed by atoms with Crippen LogP contribution in [0.15, 0.2) is 36.4 Å². The van der Waals surface area contributed by atoms with Crippen LogP contribution < -0.4 is 4.74 Å². The summed E-state index contributed by atoms with van der Waals surface area (Å²) >= 11 is 15.2. The third-order valence-electron chi connectivity index (χ3n) is 2.56. The minimum absolute atomic E-state index is 0.279. The van der Waals surface area contributed by atoms with E-state index in [0.29, 0.717) is 15.4 Å². The zero-order valence-corrected chi connectivity index (χ0v) is 12.9. The third-order valence-corrected chi connectivity index (χ3v) is 3.76. The molecule has 2 aromatic carbocycles. The van der Waals surface area contributed by atoms with E-state index < -0.39 is 0 Å². The molecule has 19 heavy (non-hydrogen) atoms. The molecule has 0 aliphatic carbocycles. The fourth-order valence-electron chi connectivity index (χ4n) is 1.59. The maximum atomic E-state index is 12.9. The Morgan fingerprint density at radius 1 is 1.05 bits per heavy atom. The van der Waals surface area contributed by atoms with Crippen molar-refractivity contribution in [3.05, 3.63) is 63.4 Å². The molecule has 2 rings (SSSR count). The minimum Gasteiger partial charge on any atom is -0.489 e. The molecule has 1 nitrogen and oxygen atoms in total. The van der Waals surface area contributed by atoms with Gasteiger partial charge in [0, 0.05) is 21.5 Å². The van der Waals surface area contributed by atoms with E-state index in [4.69, 9.17) is 27.9 Å². The summed E-state index contributed by atoms with van der Waals surface area (Å²) in [4.78, 5) is 0. The third kappa shape index (κ3) is 3.85.